The van der Waals surface area contributed by atoms with Gasteiger partial charge in [-0.3, -0.25) is 4.79 Å². The fraction of sp³-hybridized carbons (Fsp3) is 0.292. The summed E-state index contributed by atoms with van der Waals surface area (Å²) in [6, 6.07) is 19.8. The maximum Gasteiger partial charge on any atom is 0.261 e. The third-order valence-corrected chi connectivity index (χ3v) is 5.27. The first-order valence-electron chi connectivity index (χ1n) is 10.3. The zero-order chi connectivity index (χ0) is 19.9. The molecule has 0 spiro atoms. The van der Waals surface area contributed by atoms with Crippen molar-refractivity contribution >= 4 is 17.5 Å². The number of amides is 1. The first-order chi connectivity index (χ1) is 14.3. The highest BCUT2D eigenvalue weighted by atomic mass is 16.2. The van der Waals surface area contributed by atoms with E-state index >= 15 is 0 Å². The molecular weight excluding hydrogens is 360 g/mol. The second-order valence-corrected chi connectivity index (χ2v) is 7.39. The Morgan fingerprint density at radius 2 is 1.41 bits per heavy atom. The molecule has 3 aromatic rings. The monoisotopic (exact) mass is 386 g/mol. The molecule has 2 heterocycles. The molecule has 0 aliphatic carbocycles. The standard InChI is InChI=1S/C24H26N4O/c29-23(21-17-25-24(26-18-21)27-15-9-1-2-10-16-27)28(22-13-7-4-8-14-22)19-20-11-5-3-6-12-20/h3-8,11-14,17-18H,1-2,9-10,15-16,19H2. The lowest BCUT2D eigenvalue weighted by atomic mass is 10.1. The Balaban J connectivity index is 1.57. The van der Waals surface area contributed by atoms with Gasteiger partial charge in [-0.05, 0) is 30.5 Å². The summed E-state index contributed by atoms with van der Waals surface area (Å²) in [7, 11) is 0. The summed E-state index contributed by atoms with van der Waals surface area (Å²) in [5, 5.41) is 0. The van der Waals surface area contributed by atoms with Crippen molar-refractivity contribution < 1.29 is 4.79 Å². The number of hydrogen-bond acceptors (Lipinski definition) is 4. The van der Waals surface area contributed by atoms with Crippen molar-refractivity contribution in [3.63, 3.8) is 0 Å². The van der Waals surface area contributed by atoms with Crippen molar-refractivity contribution in [3.8, 4) is 0 Å². The fourth-order valence-electron chi connectivity index (χ4n) is 3.68. The Labute approximate surface area is 172 Å². The van der Waals surface area contributed by atoms with Gasteiger partial charge in [-0.15, -0.1) is 0 Å². The topological polar surface area (TPSA) is 49.3 Å². The predicted octanol–water partition coefficient (Wildman–Crippen LogP) is 4.70. The predicted molar refractivity (Wildman–Crippen MR) is 116 cm³/mol. The van der Waals surface area contributed by atoms with Crippen LogP contribution < -0.4 is 9.80 Å². The van der Waals surface area contributed by atoms with Crippen LogP contribution >= 0.6 is 0 Å². The summed E-state index contributed by atoms with van der Waals surface area (Å²) < 4.78 is 0. The number of anilines is 2. The molecule has 0 saturated carbocycles. The van der Waals surface area contributed by atoms with Gasteiger partial charge in [0.15, 0.2) is 0 Å². The Morgan fingerprint density at radius 3 is 2.03 bits per heavy atom. The van der Waals surface area contributed by atoms with Crippen molar-refractivity contribution in [1.82, 2.24) is 9.97 Å². The van der Waals surface area contributed by atoms with Crippen LogP contribution in [-0.4, -0.2) is 29.0 Å². The van der Waals surface area contributed by atoms with Crippen LogP contribution in [0.25, 0.3) is 0 Å². The van der Waals surface area contributed by atoms with E-state index in [2.05, 4.69) is 14.9 Å². The van der Waals surface area contributed by atoms with Gasteiger partial charge in [-0.25, -0.2) is 9.97 Å². The fourth-order valence-corrected chi connectivity index (χ4v) is 3.68. The van der Waals surface area contributed by atoms with E-state index in [1.807, 2.05) is 60.7 Å². The summed E-state index contributed by atoms with van der Waals surface area (Å²) in [4.78, 5) is 26.4. The van der Waals surface area contributed by atoms with Crippen LogP contribution in [0, 0.1) is 0 Å². The van der Waals surface area contributed by atoms with Gasteiger partial charge in [0.25, 0.3) is 5.91 Å². The van der Waals surface area contributed by atoms with Gasteiger partial charge in [-0.1, -0.05) is 61.4 Å². The average molecular weight is 386 g/mol. The van der Waals surface area contributed by atoms with Gasteiger partial charge in [0, 0.05) is 31.2 Å². The molecule has 2 aromatic carbocycles. The van der Waals surface area contributed by atoms with Crippen LogP contribution in [0.15, 0.2) is 73.1 Å². The SMILES string of the molecule is O=C(c1cnc(N2CCCCCC2)nc1)N(Cc1ccccc1)c1ccccc1. The van der Waals surface area contributed by atoms with E-state index in [0.29, 0.717) is 12.1 Å². The van der Waals surface area contributed by atoms with Gasteiger partial charge in [0.2, 0.25) is 5.95 Å². The zero-order valence-corrected chi connectivity index (χ0v) is 16.6. The molecule has 0 atom stereocenters. The summed E-state index contributed by atoms with van der Waals surface area (Å²) in [6.07, 6.45) is 8.19. The van der Waals surface area contributed by atoms with Gasteiger partial charge in [0.1, 0.15) is 0 Å². The van der Waals surface area contributed by atoms with E-state index in [0.717, 1.165) is 30.3 Å². The number of aromatic nitrogens is 2. The largest absolute Gasteiger partial charge is 0.341 e. The van der Waals surface area contributed by atoms with Gasteiger partial charge < -0.3 is 9.80 Å². The van der Waals surface area contributed by atoms with E-state index in [9.17, 15) is 4.79 Å². The van der Waals surface area contributed by atoms with Crippen LogP contribution in [0.4, 0.5) is 11.6 Å². The Morgan fingerprint density at radius 1 is 0.828 bits per heavy atom. The maximum absolute atomic E-state index is 13.3. The molecule has 0 radical (unpaired) electrons. The zero-order valence-electron chi connectivity index (χ0n) is 16.6. The molecule has 148 valence electrons. The summed E-state index contributed by atoms with van der Waals surface area (Å²) in [6.45, 7) is 2.46. The molecule has 1 aliphatic rings. The molecule has 1 amide bonds. The highest BCUT2D eigenvalue weighted by Gasteiger charge is 2.20. The van der Waals surface area contributed by atoms with Crippen molar-refractivity contribution in [1.29, 1.82) is 0 Å². The van der Waals surface area contributed by atoms with Gasteiger partial charge in [-0.2, -0.15) is 0 Å². The molecule has 4 rings (SSSR count). The third-order valence-electron chi connectivity index (χ3n) is 5.27. The lowest BCUT2D eigenvalue weighted by Gasteiger charge is -2.24. The van der Waals surface area contributed by atoms with E-state index in [4.69, 9.17) is 0 Å². The number of hydrogen-bond donors (Lipinski definition) is 0. The lowest BCUT2D eigenvalue weighted by molar-refractivity contribution is 0.0984. The lowest BCUT2D eigenvalue weighted by Crippen LogP contribution is -2.31. The third kappa shape index (κ3) is 4.80. The summed E-state index contributed by atoms with van der Waals surface area (Å²) >= 11 is 0. The van der Waals surface area contributed by atoms with Crippen molar-refractivity contribution in [2.75, 3.05) is 22.9 Å². The Bertz CT molecular complexity index is 905. The number of rotatable bonds is 5. The minimum atomic E-state index is -0.0949. The van der Waals surface area contributed by atoms with Crippen molar-refractivity contribution in [2.24, 2.45) is 0 Å². The number of carbonyl (C=O) groups is 1. The molecule has 5 heteroatoms. The molecule has 1 fully saturated rings. The molecule has 1 aliphatic heterocycles. The Kier molecular flexibility index (Phi) is 6.15. The summed E-state index contributed by atoms with van der Waals surface area (Å²) in [5.41, 5.74) is 2.44. The average Bonchev–Trinajstić information content (AvgIpc) is 3.08. The molecule has 0 bridgehead atoms. The summed E-state index contributed by atoms with van der Waals surface area (Å²) in [5.74, 6) is 0.625. The molecule has 1 aromatic heterocycles. The van der Waals surface area contributed by atoms with Crippen LogP contribution in [0.5, 0.6) is 0 Å². The second-order valence-electron chi connectivity index (χ2n) is 7.39. The maximum atomic E-state index is 13.3. The highest BCUT2D eigenvalue weighted by Crippen LogP contribution is 2.21. The number of para-hydroxylation sites is 1. The molecule has 29 heavy (non-hydrogen) atoms. The van der Waals surface area contributed by atoms with Crippen molar-refractivity contribution in [2.45, 2.75) is 32.2 Å². The van der Waals surface area contributed by atoms with Gasteiger partial charge >= 0.3 is 0 Å². The van der Waals surface area contributed by atoms with Crippen LogP contribution in [0.3, 0.4) is 0 Å². The van der Waals surface area contributed by atoms with E-state index in [1.54, 1.807) is 17.3 Å². The normalized spacial score (nSPS) is 14.3. The minimum Gasteiger partial charge on any atom is -0.341 e. The molecule has 1 saturated heterocycles. The van der Waals surface area contributed by atoms with E-state index < -0.39 is 0 Å². The highest BCUT2D eigenvalue weighted by molar-refractivity contribution is 6.05. The molecule has 5 nitrogen and oxygen atoms in total. The second kappa shape index (κ2) is 9.32. The van der Waals surface area contributed by atoms with Gasteiger partial charge in [0.05, 0.1) is 12.1 Å². The van der Waals surface area contributed by atoms with Crippen LogP contribution in [0.1, 0.15) is 41.6 Å². The first-order valence-corrected chi connectivity index (χ1v) is 10.3. The number of nitrogens with zero attached hydrogens (tertiary/aromatic N) is 4. The molecular formula is C24H26N4O. The first kappa shape index (κ1) is 19.1. The van der Waals surface area contributed by atoms with Crippen LogP contribution in [0.2, 0.25) is 0 Å². The van der Waals surface area contributed by atoms with E-state index in [1.165, 1.54) is 25.7 Å². The van der Waals surface area contributed by atoms with Crippen LogP contribution in [-0.2, 0) is 6.54 Å². The Hall–Kier alpha value is -3.21. The number of benzene rings is 2. The number of carbonyl (C=O) groups excluding carboxylic acids is 1. The van der Waals surface area contributed by atoms with Crippen molar-refractivity contribution in [3.05, 3.63) is 84.2 Å². The quantitative estimate of drug-likeness (QED) is 0.637. The smallest absolute Gasteiger partial charge is 0.261 e. The minimum absolute atomic E-state index is 0.0949. The molecule has 0 N–H and O–H groups in total. The van der Waals surface area contributed by atoms with E-state index in [-0.39, 0.29) is 5.91 Å². The molecule has 0 unspecified atom stereocenters.